The van der Waals surface area contributed by atoms with Crippen LogP contribution in [-0.4, -0.2) is 9.97 Å². The van der Waals surface area contributed by atoms with Crippen molar-refractivity contribution in [2.45, 2.75) is 32.1 Å². The summed E-state index contributed by atoms with van der Waals surface area (Å²) in [5.74, 6) is 1.14. The zero-order chi connectivity index (χ0) is 37.9. The molecule has 0 radical (unpaired) electrons. The van der Waals surface area contributed by atoms with Crippen molar-refractivity contribution in [3.63, 3.8) is 0 Å². The Morgan fingerprint density at radius 2 is 1.02 bits per heavy atom. The topological polar surface area (TPSA) is 25.8 Å². The van der Waals surface area contributed by atoms with Crippen molar-refractivity contribution in [3.8, 4) is 67.3 Å². The lowest BCUT2D eigenvalue weighted by Gasteiger charge is -2.41. The maximum absolute atomic E-state index is 5.03. The summed E-state index contributed by atoms with van der Waals surface area (Å²) in [6.45, 7) is 7.23. The summed E-state index contributed by atoms with van der Waals surface area (Å²) in [7, 11) is 0. The molecule has 0 saturated heterocycles. The van der Waals surface area contributed by atoms with E-state index in [1.807, 2.05) is 36.4 Å². The summed E-state index contributed by atoms with van der Waals surface area (Å²) in [6.07, 6.45) is 9.23. The summed E-state index contributed by atoms with van der Waals surface area (Å²) < 4.78 is 0. The summed E-state index contributed by atoms with van der Waals surface area (Å²) in [6, 6.07) is 61.0. The van der Waals surface area contributed by atoms with Gasteiger partial charge in [0, 0.05) is 28.0 Å². The number of fused-ring (bicyclic) bond motifs is 4. The van der Waals surface area contributed by atoms with Gasteiger partial charge in [-0.1, -0.05) is 203 Å². The van der Waals surface area contributed by atoms with E-state index >= 15 is 0 Å². The fourth-order valence-corrected chi connectivity index (χ4v) is 9.06. The van der Waals surface area contributed by atoms with Gasteiger partial charge < -0.3 is 0 Å². The lowest BCUT2D eigenvalue weighted by Crippen LogP contribution is -2.36. The maximum atomic E-state index is 5.03. The summed E-state index contributed by atoms with van der Waals surface area (Å²) >= 11 is 0. The Morgan fingerprint density at radius 3 is 1.68 bits per heavy atom. The predicted molar refractivity (Wildman–Crippen MR) is 234 cm³/mol. The molecule has 2 heteroatoms. The van der Waals surface area contributed by atoms with Crippen LogP contribution >= 0.6 is 0 Å². The molecule has 0 amide bonds. The second kappa shape index (κ2) is 13.3. The largest absolute Gasteiger partial charge is 0.228 e. The van der Waals surface area contributed by atoms with E-state index in [0.717, 1.165) is 33.6 Å². The van der Waals surface area contributed by atoms with E-state index in [0.29, 0.717) is 11.7 Å². The molecule has 8 aromatic rings. The smallest absolute Gasteiger partial charge is 0.160 e. The molecule has 2 aliphatic rings. The molecular weight excluding hydrogens is 677 g/mol. The Kier molecular flexibility index (Phi) is 8.04. The highest BCUT2D eigenvalue weighted by Crippen LogP contribution is 2.61. The molecule has 0 N–H and O–H groups in total. The molecule has 1 aromatic heterocycles. The fraction of sp³-hybridized carbons (Fsp3) is 0.111. The number of allylic oxidation sites excluding steroid dienone is 4. The Labute approximate surface area is 329 Å². The molecule has 0 saturated carbocycles. The first-order chi connectivity index (χ1) is 27.4. The third-order valence-corrected chi connectivity index (χ3v) is 12.7. The third-order valence-electron chi connectivity index (χ3n) is 12.7. The minimum absolute atomic E-state index is 0.0473. The first-order valence-corrected chi connectivity index (χ1v) is 19.6. The molecule has 1 heterocycles. The van der Waals surface area contributed by atoms with E-state index in [2.05, 4.69) is 179 Å². The zero-order valence-corrected chi connectivity index (χ0v) is 31.9. The second-order valence-corrected chi connectivity index (χ2v) is 16.0. The molecule has 268 valence electrons. The third kappa shape index (κ3) is 5.64. The molecule has 7 aromatic carbocycles. The van der Waals surface area contributed by atoms with Crippen molar-refractivity contribution < 1.29 is 0 Å². The molecule has 2 aliphatic carbocycles. The van der Waals surface area contributed by atoms with Crippen molar-refractivity contribution in [2.75, 3.05) is 0 Å². The van der Waals surface area contributed by atoms with Gasteiger partial charge in [-0.3, -0.25) is 0 Å². The second-order valence-electron chi connectivity index (χ2n) is 16.0. The number of nitrogens with zero attached hydrogens (tertiary/aromatic N) is 2. The normalized spacial score (nSPS) is 17.8. The van der Waals surface area contributed by atoms with Crippen LogP contribution in [0.25, 0.3) is 78.1 Å². The molecule has 2 unspecified atom stereocenters. The fourth-order valence-electron chi connectivity index (χ4n) is 9.06. The van der Waals surface area contributed by atoms with Gasteiger partial charge >= 0.3 is 0 Å². The summed E-state index contributed by atoms with van der Waals surface area (Å²) in [5.41, 5.74) is 15.3. The van der Waals surface area contributed by atoms with Gasteiger partial charge in [-0.2, -0.15) is 0 Å². The van der Waals surface area contributed by atoms with Crippen LogP contribution in [0.4, 0.5) is 0 Å². The number of benzene rings is 7. The van der Waals surface area contributed by atoms with Crippen molar-refractivity contribution >= 4 is 10.8 Å². The Balaban J connectivity index is 0.932. The highest BCUT2D eigenvalue weighted by molar-refractivity contribution is 5.99. The Morgan fingerprint density at radius 1 is 0.446 bits per heavy atom. The van der Waals surface area contributed by atoms with Crippen LogP contribution in [0.2, 0.25) is 0 Å². The van der Waals surface area contributed by atoms with Crippen molar-refractivity contribution in [1.82, 2.24) is 9.97 Å². The van der Waals surface area contributed by atoms with Crippen molar-refractivity contribution in [2.24, 2.45) is 5.41 Å². The van der Waals surface area contributed by atoms with Gasteiger partial charge in [-0.15, -0.1) is 0 Å². The molecule has 56 heavy (non-hydrogen) atoms. The molecule has 10 rings (SSSR count). The van der Waals surface area contributed by atoms with Gasteiger partial charge in [0.25, 0.3) is 0 Å². The molecule has 2 atom stereocenters. The molecular formula is C54H42N2. The first kappa shape index (κ1) is 33.9. The Bertz CT molecular complexity index is 2750. The highest BCUT2D eigenvalue weighted by Gasteiger charge is 2.53. The lowest BCUT2D eigenvalue weighted by atomic mass is 9.62. The number of rotatable bonds is 6. The van der Waals surface area contributed by atoms with Crippen LogP contribution in [0.15, 0.2) is 194 Å². The maximum Gasteiger partial charge on any atom is 0.160 e. The van der Waals surface area contributed by atoms with E-state index in [9.17, 15) is 0 Å². The van der Waals surface area contributed by atoms with Crippen LogP contribution in [0.1, 0.15) is 37.8 Å². The van der Waals surface area contributed by atoms with Gasteiger partial charge in [-0.25, -0.2) is 9.97 Å². The van der Waals surface area contributed by atoms with E-state index < -0.39 is 0 Å². The lowest BCUT2D eigenvalue weighted by molar-refractivity contribution is 0.245. The Hall–Kier alpha value is -6.64. The average Bonchev–Trinajstić information content (AvgIpc) is 3.44. The molecule has 0 aliphatic heterocycles. The van der Waals surface area contributed by atoms with Crippen molar-refractivity contribution in [1.29, 1.82) is 0 Å². The van der Waals surface area contributed by atoms with E-state index in [1.165, 1.54) is 49.7 Å². The zero-order valence-electron chi connectivity index (χ0n) is 31.9. The minimum atomic E-state index is 0.0473. The van der Waals surface area contributed by atoms with E-state index in [-0.39, 0.29) is 10.8 Å². The van der Waals surface area contributed by atoms with Crippen LogP contribution in [0, 0.1) is 5.41 Å². The average molecular weight is 719 g/mol. The van der Waals surface area contributed by atoms with Gasteiger partial charge in [0.05, 0.1) is 11.4 Å². The van der Waals surface area contributed by atoms with E-state index in [4.69, 9.17) is 9.97 Å². The van der Waals surface area contributed by atoms with Gasteiger partial charge in [-0.05, 0) is 72.8 Å². The van der Waals surface area contributed by atoms with E-state index in [1.54, 1.807) is 0 Å². The van der Waals surface area contributed by atoms with Crippen molar-refractivity contribution in [3.05, 3.63) is 205 Å². The molecule has 2 nitrogen and oxygen atoms in total. The number of aromatic nitrogens is 2. The molecule has 0 spiro atoms. The van der Waals surface area contributed by atoms with Gasteiger partial charge in [0.15, 0.2) is 5.82 Å². The highest BCUT2D eigenvalue weighted by atomic mass is 14.9. The SMILES string of the molecule is CC1(C)c2cc(-c3ccc(-c4ccc5c(-c6ccc(-c7nc(-c8ccccc8)cc(-c8ccccc8)n7)cc6)cccc5c4)cc3)ccc2C2C=CC=CC21C. The molecule has 0 fully saturated rings. The van der Waals surface area contributed by atoms with Crippen LogP contribution in [0.3, 0.4) is 0 Å². The van der Waals surface area contributed by atoms with Crippen LogP contribution in [-0.2, 0) is 5.41 Å². The van der Waals surface area contributed by atoms with Crippen LogP contribution < -0.4 is 0 Å². The quantitative estimate of drug-likeness (QED) is 0.171. The monoisotopic (exact) mass is 718 g/mol. The molecule has 0 bridgehead atoms. The summed E-state index contributed by atoms with van der Waals surface area (Å²) in [5, 5.41) is 2.45. The standard InChI is InChI=1S/C54H42N2/c1-53(2)49-34-43(29-31-47(49)48-19-10-11-32-54(48,53)3)37-22-20-36(21-23-37)42-28-30-46-44(33-42)17-12-18-45(46)38-24-26-41(27-25-38)52-55-50(39-13-6-4-7-14-39)35-51(56-52)40-15-8-5-9-16-40/h4-35,48H,1-3H3. The summed E-state index contributed by atoms with van der Waals surface area (Å²) in [4.78, 5) is 10.1. The predicted octanol–water partition coefficient (Wildman–Crippen LogP) is 14.1. The van der Waals surface area contributed by atoms with Crippen LogP contribution in [0.5, 0.6) is 0 Å². The van der Waals surface area contributed by atoms with Gasteiger partial charge in [0.1, 0.15) is 0 Å². The minimum Gasteiger partial charge on any atom is -0.228 e. The number of hydrogen-bond acceptors (Lipinski definition) is 2. The first-order valence-electron chi connectivity index (χ1n) is 19.6. The van der Waals surface area contributed by atoms with Gasteiger partial charge in [0.2, 0.25) is 0 Å². The number of hydrogen-bond donors (Lipinski definition) is 0.